The van der Waals surface area contributed by atoms with E-state index in [0.29, 0.717) is 19.1 Å². The molecule has 0 saturated heterocycles. The third kappa shape index (κ3) is 8.01. The van der Waals surface area contributed by atoms with Crippen molar-refractivity contribution in [1.29, 1.82) is 0 Å². The Bertz CT molecular complexity index is 439. The molecule has 1 aromatic heterocycles. The summed E-state index contributed by atoms with van der Waals surface area (Å²) in [6.07, 6.45) is 1.72. The second kappa shape index (κ2) is 12.6. The number of aliphatic imine (C=N–C) groups is 1. The highest BCUT2D eigenvalue weighted by atomic mass is 127. The fraction of sp³-hybridized carbons (Fsp3) is 0.750. The molecule has 2 N–H and O–H groups in total. The van der Waals surface area contributed by atoms with Crippen LogP contribution in [-0.4, -0.2) is 37.9 Å². The maximum absolute atomic E-state index is 5.54. The topological polar surface area (TPSA) is 71.7 Å². The number of rotatable bonds is 9. The van der Waals surface area contributed by atoms with Gasteiger partial charge in [-0.2, -0.15) is 0 Å². The Balaban J connectivity index is 0.00000484. The minimum Gasteiger partial charge on any atom is -0.379 e. The van der Waals surface area contributed by atoms with Crippen molar-refractivity contribution in [3.63, 3.8) is 0 Å². The molecule has 0 bridgehead atoms. The summed E-state index contributed by atoms with van der Waals surface area (Å²) in [6.45, 7) is 11.3. The van der Waals surface area contributed by atoms with E-state index in [1.165, 1.54) is 0 Å². The quantitative estimate of drug-likeness (QED) is 0.269. The van der Waals surface area contributed by atoms with E-state index in [-0.39, 0.29) is 24.0 Å². The summed E-state index contributed by atoms with van der Waals surface area (Å²) in [5.41, 5.74) is 2.16. The van der Waals surface area contributed by atoms with Gasteiger partial charge in [0, 0.05) is 38.7 Å². The molecule has 0 aliphatic rings. The normalized spacial score (nSPS) is 11.5. The number of nitrogens with zero attached hydrogens (tertiary/aromatic N) is 2. The first kappa shape index (κ1) is 22.2. The molecule has 1 aromatic rings. The molecule has 1 rings (SSSR count). The molecular weight excluding hydrogens is 407 g/mol. The van der Waals surface area contributed by atoms with E-state index in [4.69, 9.17) is 9.26 Å². The second-order valence-electron chi connectivity index (χ2n) is 5.56. The summed E-state index contributed by atoms with van der Waals surface area (Å²) in [6, 6.07) is 0. The zero-order valence-electron chi connectivity index (χ0n) is 14.9. The van der Waals surface area contributed by atoms with Crippen molar-refractivity contribution in [3.05, 3.63) is 17.0 Å². The third-order valence-corrected chi connectivity index (χ3v) is 3.25. The van der Waals surface area contributed by atoms with E-state index in [9.17, 15) is 0 Å². The first-order valence-electron chi connectivity index (χ1n) is 8.10. The van der Waals surface area contributed by atoms with Crippen LogP contribution in [0.2, 0.25) is 0 Å². The Kier molecular flexibility index (Phi) is 12.1. The lowest BCUT2D eigenvalue weighted by molar-refractivity contribution is 0.114. The zero-order valence-corrected chi connectivity index (χ0v) is 17.3. The summed E-state index contributed by atoms with van der Waals surface area (Å²) in [4.78, 5) is 4.22. The van der Waals surface area contributed by atoms with Crippen LogP contribution in [0.1, 0.15) is 44.7 Å². The van der Waals surface area contributed by atoms with Crippen molar-refractivity contribution >= 4 is 29.9 Å². The predicted octanol–water partition coefficient (Wildman–Crippen LogP) is 2.76. The molecule has 0 unspecified atom stereocenters. The standard InChI is InChI=1S/C16H30N4O2.HI/c1-6-14-13(15(7-2)22-20-14)10-19-16(17-5)18-8-9-21-11-12(3)4;/h12H,6-11H2,1-5H3,(H2,17,18,19);1H. The lowest BCUT2D eigenvalue weighted by Crippen LogP contribution is -2.38. The molecule has 0 atom stereocenters. The highest BCUT2D eigenvalue weighted by molar-refractivity contribution is 14.0. The molecule has 0 aliphatic carbocycles. The van der Waals surface area contributed by atoms with Crippen LogP contribution >= 0.6 is 24.0 Å². The van der Waals surface area contributed by atoms with Crippen LogP contribution < -0.4 is 10.6 Å². The average molecular weight is 438 g/mol. The van der Waals surface area contributed by atoms with E-state index >= 15 is 0 Å². The molecule has 23 heavy (non-hydrogen) atoms. The van der Waals surface area contributed by atoms with Crippen molar-refractivity contribution in [3.8, 4) is 0 Å². The van der Waals surface area contributed by atoms with Gasteiger partial charge < -0.3 is 19.9 Å². The molecule has 7 heteroatoms. The van der Waals surface area contributed by atoms with Gasteiger partial charge in [-0.25, -0.2) is 0 Å². The van der Waals surface area contributed by atoms with Gasteiger partial charge in [-0.1, -0.05) is 32.9 Å². The fourth-order valence-corrected chi connectivity index (χ4v) is 2.09. The molecule has 134 valence electrons. The van der Waals surface area contributed by atoms with Gasteiger partial charge >= 0.3 is 0 Å². The van der Waals surface area contributed by atoms with Crippen LogP contribution in [0.3, 0.4) is 0 Å². The van der Waals surface area contributed by atoms with Crippen LogP contribution in [0.5, 0.6) is 0 Å². The van der Waals surface area contributed by atoms with Gasteiger partial charge in [0.2, 0.25) is 0 Å². The average Bonchev–Trinajstić information content (AvgIpc) is 2.91. The van der Waals surface area contributed by atoms with E-state index in [1.807, 2.05) is 0 Å². The lowest BCUT2D eigenvalue weighted by Gasteiger charge is -2.13. The zero-order chi connectivity index (χ0) is 16.4. The Morgan fingerprint density at radius 1 is 1.26 bits per heavy atom. The third-order valence-electron chi connectivity index (χ3n) is 3.25. The van der Waals surface area contributed by atoms with Crippen LogP contribution in [0, 0.1) is 5.92 Å². The molecule has 0 spiro atoms. The smallest absolute Gasteiger partial charge is 0.191 e. The van der Waals surface area contributed by atoms with E-state index in [2.05, 4.69) is 48.5 Å². The summed E-state index contributed by atoms with van der Waals surface area (Å²) in [5, 5.41) is 10.7. The van der Waals surface area contributed by atoms with Gasteiger partial charge in [-0.05, 0) is 12.3 Å². The number of hydrogen-bond acceptors (Lipinski definition) is 4. The molecule has 0 fully saturated rings. The Morgan fingerprint density at radius 2 is 2.00 bits per heavy atom. The van der Waals surface area contributed by atoms with Gasteiger partial charge in [0.05, 0.1) is 12.3 Å². The molecular formula is C16H31IN4O2. The van der Waals surface area contributed by atoms with Crippen molar-refractivity contribution < 1.29 is 9.26 Å². The van der Waals surface area contributed by atoms with Gasteiger partial charge in [-0.15, -0.1) is 24.0 Å². The van der Waals surface area contributed by atoms with Crippen LogP contribution in [-0.2, 0) is 24.1 Å². The van der Waals surface area contributed by atoms with Gasteiger partial charge in [0.25, 0.3) is 0 Å². The minimum absolute atomic E-state index is 0. The van der Waals surface area contributed by atoms with E-state index in [1.54, 1.807) is 7.05 Å². The Hall–Kier alpha value is -0.830. The van der Waals surface area contributed by atoms with Crippen molar-refractivity contribution in [2.75, 3.05) is 26.8 Å². The maximum atomic E-state index is 5.54. The van der Waals surface area contributed by atoms with E-state index in [0.717, 1.165) is 49.0 Å². The maximum Gasteiger partial charge on any atom is 0.191 e. The monoisotopic (exact) mass is 438 g/mol. The molecule has 0 amide bonds. The minimum atomic E-state index is 0. The van der Waals surface area contributed by atoms with Gasteiger partial charge in [-0.3, -0.25) is 4.99 Å². The van der Waals surface area contributed by atoms with Crippen LogP contribution in [0.4, 0.5) is 0 Å². The first-order valence-corrected chi connectivity index (χ1v) is 8.10. The summed E-state index contributed by atoms with van der Waals surface area (Å²) >= 11 is 0. The second-order valence-corrected chi connectivity index (χ2v) is 5.56. The fourth-order valence-electron chi connectivity index (χ4n) is 2.09. The molecule has 0 aromatic carbocycles. The summed E-state index contributed by atoms with van der Waals surface area (Å²) < 4.78 is 10.9. The number of nitrogens with one attached hydrogen (secondary N) is 2. The number of ether oxygens (including phenoxy) is 1. The molecule has 6 nitrogen and oxygen atoms in total. The Labute approximate surface area is 156 Å². The van der Waals surface area contributed by atoms with Gasteiger partial charge in [0.1, 0.15) is 5.76 Å². The molecule has 1 heterocycles. The molecule has 0 radical (unpaired) electrons. The van der Waals surface area contributed by atoms with Crippen LogP contribution in [0.25, 0.3) is 0 Å². The number of aromatic nitrogens is 1. The van der Waals surface area contributed by atoms with Crippen molar-refractivity contribution in [2.24, 2.45) is 10.9 Å². The Morgan fingerprint density at radius 3 is 2.57 bits per heavy atom. The number of hydrogen-bond donors (Lipinski definition) is 2. The molecule has 0 aliphatic heterocycles. The number of aryl methyl sites for hydroxylation is 2. The predicted molar refractivity (Wildman–Crippen MR) is 105 cm³/mol. The highest BCUT2D eigenvalue weighted by Gasteiger charge is 2.13. The van der Waals surface area contributed by atoms with Crippen LogP contribution in [0.15, 0.2) is 9.52 Å². The lowest BCUT2D eigenvalue weighted by atomic mass is 10.1. The van der Waals surface area contributed by atoms with Gasteiger partial charge in [0.15, 0.2) is 5.96 Å². The number of guanidine groups is 1. The van der Waals surface area contributed by atoms with Crippen molar-refractivity contribution in [2.45, 2.75) is 47.1 Å². The number of halogens is 1. The summed E-state index contributed by atoms with van der Waals surface area (Å²) in [7, 11) is 1.76. The SMILES string of the molecule is CCc1noc(CC)c1CNC(=NC)NCCOCC(C)C.I. The highest BCUT2D eigenvalue weighted by Crippen LogP contribution is 2.15. The summed E-state index contributed by atoms with van der Waals surface area (Å²) in [5.74, 6) is 2.27. The van der Waals surface area contributed by atoms with E-state index < -0.39 is 0 Å². The largest absolute Gasteiger partial charge is 0.379 e. The first-order chi connectivity index (χ1) is 10.6. The molecule has 0 saturated carbocycles. The van der Waals surface area contributed by atoms with Crippen molar-refractivity contribution in [1.82, 2.24) is 15.8 Å².